The highest BCUT2D eigenvalue weighted by atomic mass is 16.2. The van der Waals surface area contributed by atoms with Gasteiger partial charge in [-0.2, -0.15) is 0 Å². The molecule has 1 amide bonds. The quantitative estimate of drug-likeness (QED) is 0.887. The molecule has 1 aromatic rings. The number of nitrogens with zero attached hydrogens (tertiary/aromatic N) is 3. The maximum absolute atomic E-state index is 12.8. The Morgan fingerprint density at radius 2 is 1.80 bits per heavy atom. The van der Waals surface area contributed by atoms with Gasteiger partial charge >= 0.3 is 0 Å². The molecule has 2 heterocycles. The number of anilines is 1. The van der Waals surface area contributed by atoms with Crippen LogP contribution in [0.15, 0.2) is 24.3 Å². The zero-order valence-corrected chi connectivity index (χ0v) is 15.9. The van der Waals surface area contributed by atoms with Gasteiger partial charge in [0, 0.05) is 62.6 Å². The van der Waals surface area contributed by atoms with Crippen LogP contribution < -0.4 is 10.2 Å². The van der Waals surface area contributed by atoms with E-state index in [1.807, 2.05) is 24.1 Å². The van der Waals surface area contributed by atoms with E-state index in [4.69, 9.17) is 0 Å². The normalized spacial score (nSPS) is 22.0. The average molecular weight is 345 g/mol. The van der Waals surface area contributed by atoms with Gasteiger partial charge in [0.05, 0.1) is 0 Å². The van der Waals surface area contributed by atoms with E-state index in [0.29, 0.717) is 12.1 Å². The van der Waals surface area contributed by atoms with Gasteiger partial charge in [0.15, 0.2) is 0 Å². The summed E-state index contributed by atoms with van der Waals surface area (Å²) in [5.74, 6) is 0.175. The molecule has 0 aliphatic carbocycles. The largest absolute Gasteiger partial charge is 0.369 e. The molecular formula is C20H32N4O. The molecule has 2 aliphatic heterocycles. The number of piperazine rings is 1. The predicted molar refractivity (Wildman–Crippen MR) is 103 cm³/mol. The van der Waals surface area contributed by atoms with Gasteiger partial charge in [-0.3, -0.25) is 9.69 Å². The Morgan fingerprint density at radius 3 is 2.40 bits per heavy atom. The molecule has 0 aromatic heterocycles. The minimum absolute atomic E-state index is 0.175. The van der Waals surface area contributed by atoms with Gasteiger partial charge in [0.25, 0.3) is 5.91 Å². The molecule has 2 saturated heterocycles. The van der Waals surface area contributed by atoms with Crippen LogP contribution in [0.2, 0.25) is 0 Å². The van der Waals surface area contributed by atoms with Crippen LogP contribution in [0.4, 0.5) is 5.69 Å². The molecule has 25 heavy (non-hydrogen) atoms. The molecule has 0 spiro atoms. The minimum Gasteiger partial charge on any atom is -0.369 e. The Morgan fingerprint density at radius 1 is 1.12 bits per heavy atom. The molecule has 0 radical (unpaired) electrons. The van der Waals surface area contributed by atoms with Gasteiger partial charge < -0.3 is 15.1 Å². The van der Waals surface area contributed by atoms with Crippen molar-refractivity contribution in [2.45, 2.75) is 38.8 Å². The number of likely N-dealkylation sites (tertiary alicyclic amines) is 1. The van der Waals surface area contributed by atoms with E-state index in [-0.39, 0.29) is 5.91 Å². The van der Waals surface area contributed by atoms with Gasteiger partial charge in [-0.1, -0.05) is 0 Å². The maximum Gasteiger partial charge on any atom is 0.254 e. The van der Waals surface area contributed by atoms with Crippen molar-refractivity contribution in [1.82, 2.24) is 15.1 Å². The van der Waals surface area contributed by atoms with Crippen LogP contribution in [0, 0.1) is 0 Å². The number of likely N-dealkylation sites (N-methyl/N-ethyl adjacent to an activating group) is 1. The Labute approximate surface area is 152 Å². The summed E-state index contributed by atoms with van der Waals surface area (Å²) in [4.78, 5) is 19.8. The number of hydrogen-bond acceptors (Lipinski definition) is 4. The lowest BCUT2D eigenvalue weighted by molar-refractivity contribution is 0.0737. The summed E-state index contributed by atoms with van der Waals surface area (Å²) >= 11 is 0. The number of carbonyl (C=O) groups is 1. The van der Waals surface area contributed by atoms with Crippen LogP contribution in [0.25, 0.3) is 0 Å². The molecule has 1 unspecified atom stereocenters. The number of rotatable bonds is 5. The fourth-order valence-corrected chi connectivity index (χ4v) is 4.03. The third-order valence-electron chi connectivity index (χ3n) is 5.60. The van der Waals surface area contributed by atoms with Crippen LogP contribution >= 0.6 is 0 Å². The maximum atomic E-state index is 12.8. The summed E-state index contributed by atoms with van der Waals surface area (Å²) in [5, 5.41) is 3.20. The highest BCUT2D eigenvalue weighted by Gasteiger charge is 2.28. The zero-order chi connectivity index (χ0) is 17.8. The van der Waals surface area contributed by atoms with Gasteiger partial charge in [0.1, 0.15) is 0 Å². The lowest BCUT2D eigenvalue weighted by atomic mass is 10.1. The number of benzene rings is 1. The van der Waals surface area contributed by atoms with Crippen molar-refractivity contribution in [1.29, 1.82) is 0 Å². The minimum atomic E-state index is 0.175. The topological polar surface area (TPSA) is 38.8 Å². The monoisotopic (exact) mass is 344 g/mol. The van der Waals surface area contributed by atoms with Crippen LogP contribution in [-0.2, 0) is 0 Å². The van der Waals surface area contributed by atoms with Crippen LogP contribution in [0.1, 0.15) is 37.0 Å². The van der Waals surface area contributed by atoms with E-state index in [2.05, 4.69) is 41.1 Å². The smallest absolute Gasteiger partial charge is 0.254 e. The molecule has 3 rings (SSSR count). The van der Waals surface area contributed by atoms with Gasteiger partial charge in [-0.05, 0) is 58.0 Å². The highest BCUT2D eigenvalue weighted by molar-refractivity contribution is 5.95. The van der Waals surface area contributed by atoms with Crippen molar-refractivity contribution in [2.24, 2.45) is 0 Å². The van der Waals surface area contributed by atoms with E-state index >= 15 is 0 Å². The number of amides is 1. The molecule has 1 N–H and O–H groups in total. The van der Waals surface area contributed by atoms with Crippen molar-refractivity contribution in [3.63, 3.8) is 0 Å². The summed E-state index contributed by atoms with van der Waals surface area (Å²) in [5.41, 5.74) is 2.04. The Bertz CT molecular complexity index is 564. The number of carbonyl (C=O) groups excluding carboxylic acids is 1. The summed E-state index contributed by atoms with van der Waals surface area (Å²) in [6, 6.07) is 9.18. The van der Waals surface area contributed by atoms with E-state index in [1.54, 1.807) is 0 Å². The molecule has 2 aliphatic rings. The standard InChI is InChI=1S/C20H32N4O/c1-16(2)22-11-13-23(14-12-22)18-8-6-17(7-9-18)20(25)24-10-4-5-19(24)15-21-3/h6-9,16,19,21H,4-5,10-15H2,1-3H3. The molecule has 5 nitrogen and oxygen atoms in total. The van der Waals surface area contributed by atoms with E-state index in [0.717, 1.165) is 57.7 Å². The first kappa shape index (κ1) is 18.2. The van der Waals surface area contributed by atoms with Gasteiger partial charge in [-0.15, -0.1) is 0 Å². The fourth-order valence-electron chi connectivity index (χ4n) is 4.03. The second kappa shape index (κ2) is 8.19. The number of nitrogens with one attached hydrogen (secondary N) is 1. The second-order valence-electron chi connectivity index (χ2n) is 7.52. The van der Waals surface area contributed by atoms with E-state index in [9.17, 15) is 4.79 Å². The van der Waals surface area contributed by atoms with Crippen LogP contribution in [0.5, 0.6) is 0 Å². The van der Waals surface area contributed by atoms with E-state index in [1.165, 1.54) is 5.69 Å². The van der Waals surface area contributed by atoms with Crippen molar-refractivity contribution in [3.05, 3.63) is 29.8 Å². The molecule has 0 saturated carbocycles. The van der Waals surface area contributed by atoms with E-state index < -0.39 is 0 Å². The SMILES string of the molecule is CNCC1CCCN1C(=O)c1ccc(N2CCN(C(C)C)CC2)cc1. The fraction of sp³-hybridized carbons (Fsp3) is 0.650. The summed E-state index contributed by atoms with van der Waals surface area (Å²) in [6.45, 7) is 10.6. The van der Waals surface area contributed by atoms with Crippen molar-refractivity contribution >= 4 is 11.6 Å². The number of hydrogen-bond donors (Lipinski definition) is 1. The lowest BCUT2D eigenvalue weighted by Gasteiger charge is -2.38. The first-order valence-corrected chi connectivity index (χ1v) is 9.64. The average Bonchev–Trinajstić information content (AvgIpc) is 3.10. The van der Waals surface area contributed by atoms with Gasteiger partial charge in [0.2, 0.25) is 0 Å². The Kier molecular flexibility index (Phi) is 5.97. The highest BCUT2D eigenvalue weighted by Crippen LogP contribution is 2.22. The summed E-state index contributed by atoms with van der Waals surface area (Å²) in [6.07, 6.45) is 2.21. The van der Waals surface area contributed by atoms with Crippen LogP contribution in [-0.4, -0.2) is 74.1 Å². The predicted octanol–water partition coefficient (Wildman–Crippen LogP) is 2.04. The summed E-state index contributed by atoms with van der Waals surface area (Å²) in [7, 11) is 1.95. The molecule has 1 atom stereocenters. The molecule has 5 heteroatoms. The second-order valence-corrected chi connectivity index (χ2v) is 7.52. The first-order valence-electron chi connectivity index (χ1n) is 9.64. The first-order chi connectivity index (χ1) is 12.1. The third kappa shape index (κ3) is 4.15. The Balaban J connectivity index is 1.61. The molecule has 138 valence electrons. The van der Waals surface area contributed by atoms with Crippen molar-refractivity contribution < 1.29 is 4.79 Å². The lowest BCUT2D eigenvalue weighted by Crippen LogP contribution is -2.48. The summed E-state index contributed by atoms with van der Waals surface area (Å²) < 4.78 is 0. The molecule has 1 aromatic carbocycles. The Hall–Kier alpha value is -1.59. The van der Waals surface area contributed by atoms with Crippen LogP contribution in [0.3, 0.4) is 0 Å². The zero-order valence-electron chi connectivity index (χ0n) is 15.9. The van der Waals surface area contributed by atoms with Crippen molar-refractivity contribution in [3.8, 4) is 0 Å². The van der Waals surface area contributed by atoms with Gasteiger partial charge in [-0.25, -0.2) is 0 Å². The molecular weight excluding hydrogens is 312 g/mol. The molecule has 2 fully saturated rings. The third-order valence-corrected chi connectivity index (χ3v) is 5.60. The van der Waals surface area contributed by atoms with Crippen molar-refractivity contribution in [2.75, 3.05) is 51.2 Å². The molecule has 0 bridgehead atoms.